The van der Waals surface area contributed by atoms with Gasteiger partial charge in [0.25, 0.3) is 6.04 Å². The summed E-state index contributed by atoms with van der Waals surface area (Å²) in [6, 6.07) is -0.884. The topological polar surface area (TPSA) is 60.2 Å². The summed E-state index contributed by atoms with van der Waals surface area (Å²) in [5.74, 6) is -0.208. The first-order valence-corrected chi connectivity index (χ1v) is 2.88. The van der Waals surface area contributed by atoms with E-state index < -0.39 is 11.0 Å². The Morgan fingerprint density at radius 3 is 2.40 bits per heavy atom. The van der Waals surface area contributed by atoms with Gasteiger partial charge in [0.15, 0.2) is 0 Å². The van der Waals surface area contributed by atoms with Crippen LogP contribution in [0.3, 0.4) is 0 Å². The van der Waals surface area contributed by atoms with Gasteiger partial charge in [-0.1, -0.05) is 0 Å². The quantitative estimate of drug-likeness (QED) is 0.284. The van der Waals surface area contributed by atoms with Gasteiger partial charge in [-0.3, -0.25) is 14.9 Å². The van der Waals surface area contributed by atoms with Crippen molar-refractivity contribution in [2.45, 2.75) is 25.3 Å². The summed E-state index contributed by atoms with van der Waals surface area (Å²) in [5, 5.41) is 10.00. The van der Waals surface area contributed by atoms with Crippen molar-refractivity contribution in [3.8, 4) is 0 Å². The summed E-state index contributed by atoms with van der Waals surface area (Å²) in [4.78, 5) is 20.1. The number of hydrogen-bond donors (Lipinski definition) is 0. The molecule has 5 heteroatoms. The van der Waals surface area contributed by atoms with Gasteiger partial charge in [-0.05, 0) is 6.42 Å². The summed E-state index contributed by atoms with van der Waals surface area (Å²) in [7, 11) is 0. The van der Waals surface area contributed by atoms with E-state index in [9.17, 15) is 14.9 Å². The Morgan fingerprint density at radius 1 is 1.60 bits per heavy atom. The van der Waals surface area contributed by atoms with Crippen LogP contribution in [-0.4, -0.2) is 35.6 Å². The first kappa shape index (κ1) is 9.67. The Hall–Kier alpha value is -0.333. The number of carbonyl (C=O) groups excluding carboxylic acids is 1. The van der Waals surface area contributed by atoms with E-state index in [-0.39, 0.29) is 24.6 Å². The molecule has 0 amide bonds. The molecule has 1 rings (SSSR count). The molecule has 4 nitrogen and oxygen atoms in total. The minimum absolute atomic E-state index is 0. The molecule has 0 aromatic heterocycles. The van der Waals surface area contributed by atoms with E-state index in [1.807, 2.05) is 0 Å². The molecule has 0 radical (unpaired) electrons. The first-order chi connectivity index (χ1) is 4.22. The number of Topliss-reactive ketones (excluding diaryl/α,β-unsaturated/α-hetero) is 1. The van der Waals surface area contributed by atoms with Crippen molar-refractivity contribution in [2.24, 2.45) is 0 Å². The predicted molar refractivity (Wildman–Crippen MR) is 36.8 cm³/mol. The second-order valence-corrected chi connectivity index (χ2v) is 2.16. The van der Waals surface area contributed by atoms with Crippen molar-refractivity contribution < 1.29 is 9.72 Å². The van der Waals surface area contributed by atoms with Gasteiger partial charge in [-0.2, -0.15) is 0 Å². The number of ketones is 1. The molecule has 10 heavy (non-hydrogen) atoms. The Morgan fingerprint density at radius 2 is 2.20 bits per heavy atom. The summed E-state index contributed by atoms with van der Waals surface area (Å²) in [6.07, 6.45) is 1.52. The maximum atomic E-state index is 10.6. The second-order valence-electron chi connectivity index (χ2n) is 2.16. The van der Waals surface area contributed by atoms with Crippen molar-refractivity contribution in [1.82, 2.24) is 0 Å². The van der Waals surface area contributed by atoms with Crippen molar-refractivity contribution in [2.75, 3.05) is 0 Å². The first-order valence-electron chi connectivity index (χ1n) is 2.88. The van der Waals surface area contributed by atoms with Crippen LogP contribution in [0.2, 0.25) is 0 Å². The van der Waals surface area contributed by atoms with Crippen molar-refractivity contribution >= 4 is 24.6 Å². The van der Waals surface area contributed by atoms with Gasteiger partial charge in [-0.25, -0.2) is 0 Å². The number of nitrogens with zero attached hydrogens (tertiary/aromatic N) is 1. The van der Waals surface area contributed by atoms with Crippen LogP contribution in [0, 0.1) is 10.1 Å². The third-order valence-electron chi connectivity index (χ3n) is 1.53. The van der Waals surface area contributed by atoms with Crippen LogP contribution >= 0.6 is 0 Å². The van der Waals surface area contributed by atoms with Crippen molar-refractivity contribution in [3.05, 3.63) is 10.1 Å². The van der Waals surface area contributed by atoms with Gasteiger partial charge in [0.2, 0.25) is 5.78 Å². The normalized spacial score (nSPS) is 24.0. The van der Waals surface area contributed by atoms with Gasteiger partial charge in [0.1, 0.15) is 0 Å². The number of nitro groups is 1. The van der Waals surface area contributed by atoms with Crippen LogP contribution in [0.5, 0.6) is 0 Å². The molecule has 1 saturated carbocycles. The zero-order valence-corrected chi connectivity index (χ0v) is 4.87. The van der Waals surface area contributed by atoms with E-state index in [0.29, 0.717) is 19.3 Å². The molecule has 52 valence electrons. The summed E-state index contributed by atoms with van der Waals surface area (Å²) in [6.45, 7) is 0. The number of carbonyl (C=O) groups is 1. The molecule has 1 aliphatic carbocycles. The average Bonchev–Trinajstić information content (AvgIpc) is 2.13. The van der Waals surface area contributed by atoms with Crippen molar-refractivity contribution in [3.63, 3.8) is 0 Å². The Labute approximate surface area is 70.3 Å². The predicted octanol–water partition coefficient (Wildman–Crippen LogP) is -0.264. The van der Waals surface area contributed by atoms with Crippen LogP contribution in [0.1, 0.15) is 19.3 Å². The Balaban J connectivity index is 0.000000810. The molecule has 0 saturated heterocycles. The molecule has 0 aliphatic heterocycles. The third-order valence-corrected chi connectivity index (χ3v) is 1.53. The van der Waals surface area contributed by atoms with Crippen LogP contribution in [-0.2, 0) is 4.79 Å². The van der Waals surface area contributed by atoms with E-state index in [0.717, 1.165) is 0 Å². The van der Waals surface area contributed by atoms with E-state index in [2.05, 4.69) is 0 Å². The molecule has 1 unspecified atom stereocenters. The third kappa shape index (κ3) is 1.82. The number of hydrogen-bond acceptors (Lipinski definition) is 3. The molecule has 0 N–H and O–H groups in total. The van der Waals surface area contributed by atoms with Gasteiger partial charge < -0.3 is 0 Å². The zero-order chi connectivity index (χ0) is 6.85. The summed E-state index contributed by atoms with van der Waals surface area (Å²) >= 11 is 0. The van der Waals surface area contributed by atoms with E-state index in [4.69, 9.17) is 0 Å². The van der Waals surface area contributed by atoms with Crippen LogP contribution in [0.4, 0.5) is 0 Å². The molecule has 1 aliphatic rings. The fourth-order valence-electron chi connectivity index (χ4n) is 1.02. The summed E-state index contributed by atoms with van der Waals surface area (Å²) < 4.78 is 0. The van der Waals surface area contributed by atoms with Gasteiger partial charge in [-0.15, -0.1) is 0 Å². The molecule has 0 heterocycles. The van der Waals surface area contributed by atoms with Crippen molar-refractivity contribution in [1.29, 1.82) is 0 Å². The van der Waals surface area contributed by atoms with Gasteiger partial charge in [0, 0.05) is 17.8 Å². The standard InChI is InChI=1S/C5H7NO3.Li.H/c7-5-3-1-2-4(5)6(8)9;;/h4H,1-3H2;;. The molecule has 0 aromatic carbocycles. The van der Waals surface area contributed by atoms with Crippen LogP contribution in [0.15, 0.2) is 0 Å². The van der Waals surface area contributed by atoms with E-state index >= 15 is 0 Å². The summed E-state index contributed by atoms with van der Waals surface area (Å²) in [5.41, 5.74) is 0. The Bertz CT molecular complexity index is 159. The average molecular weight is 137 g/mol. The molecule has 1 atom stereocenters. The van der Waals surface area contributed by atoms with Crippen LogP contribution < -0.4 is 0 Å². The van der Waals surface area contributed by atoms with Gasteiger partial charge >= 0.3 is 18.9 Å². The van der Waals surface area contributed by atoms with E-state index in [1.165, 1.54) is 0 Å². The minimum atomic E-state index is -0.884. The zero-order valence-electron chi connectivity index (χ0n) is 4.87. The molecular weight excluding hydrogens is 129 g/mol. The fourth-order valence-corrected chi connectivity index (χ4v) is 1.02. The maximum absolute atomic E-state index is 10.6. The molecule has 0 bridgehead atoms. The monoisotopic (exact) mass is 137 g/mol. The molecule has 1 fully saturated rings. The SMILES string of the molecule is O=C1CCCC1[N+](=O)[O-].[LiH]. The molecule has 0 spiro atoms. The van der Waals surface area contributed by atoms with Crippen LogP contribution in [0.25, 0.3) is 0 Å². The number of rotatable bonds is 1. The molecule has 0 aromatic rings. The second kappa shape index (κ2) is 3.74. The van der Waals surface area contributed by atoms with E-state index in [1.54, 1.807) is 0 Å². The fraction of sp³-hybridized carbons (Fsp3) is 0.800. The van der Waals surface area contributed by atoms with Gasteiger partial charge in [0.05, 0.1) is 0 Å². The Kier molecular flexibility index (Phi) is 3.62. The molecular formula is C5H8LiNO3.